The lowest BCUT2D eigenvalue weighted by Gasteiger charge is -2.17. The maximum atomic E-state index is 12.3. The molecule has 2 heterocycles. The van der Waals surface area contributed by atoms with Crippen LogP contribution in [0.4, 0.5) is 5.69 Å². The van der Waals surface area contributed by atoms with Crippen LogP contribution in [0.15, 0.2) is 29.2 Å². The molecule has 2 aliphatic rings. The largest absolute Gasteiger partial charge is 0.364 e. The average Bonchev–Trinajstić information content (AvgIpc) is 3.10. The number of anilines is 1. The molecule has 1 amide bonds. The number of carbonyl (C=O) groups is 1. The van der Waals surface area contributed by atoms with Gasteiger partial charge in [-0.25, -0.2) is 8.42 Å². The third-order valence-electron chi connectivity index (χ3n) is 3.58. The zero-order valence-corrected chi connectivity index (χ0v) is 11.8. The molecule has 0 unspecified atom stereocenters. The van der Waals surface area contributed by atoms with Crippen molar-refractivity contribution in [3.8, 4) is 0 Å². The summed E-state index contributed by atoms with van der Waals surface area (Å²) in [6.45, 7) is 1.62. The number of nitrogens with zero attached hydrogens (tertiary/aromatic N) is 2. The molecule has 2 aliphatic heterocycles. The molecule has 2 saturated heterocycles. The van der Waals surface area contributed by atoms with Crippen LogP contribution < -0.4 is 4.90 Å². The third kappa shape index (κ3) is 2.32. The third-order valence-corrected chi connectivity index (χ3v) is 5.42. The fraction of sp³-hybridized carbons (Fsp3) is 0.462. The molecule has 0 N–H and O–H groups in total. The molecule has 3 rings (SSSR count). The maximum absolute atomic E-state index is 12.3. The molecule has 0 saturated carbocycles. The van der Waals surface area contributed by atoms with Crippen LogP contribution in [-0.2, 0) is 19.6 Å². The molecule has 0 aromatic heterocycles. The Balaban J connectivity index is 1.84. The fourth-order valence-electron chi connectivity index (χ4n) is 2.46. The smallest absolute Gasteiger partial charge is 0.245 e. The van der Waals surface area contributed by atoms with Gasteiger partial charge >= 0.3 is 0 Å². The Hall–Kier alpha value is -1.44. The van der Waals surface area contributed by atoms with Gasteiger partial charge in [0, 0.05) is 25.2 Å². The summed E-state index contributed by atoms with van der Waals surface area (Å²) in [6, 6.07) is 6.48. The molecule has 1 aromatic rings. The van der Waals surface area contributed by atoms with Crippen LogP contribution in [0.3, 0.4) is 0 Å². The van der Waals surface area contributed by atoms with E-state index < -0.39 is 10.0 Å². The van der Waals surface area contributed by atoms with Gasteiger partial charge in [-0.05, 0) is 30.7 Å². The van der Waals surface area contributed by atoms with E-state index in [2.05, 4.69) is 0 Å². The van der Waals surface area contributed by atoms with E-state index in [0.29, 0.717) is 26.1 Å². The average molecular weight is 296 g/mol. The van der Waals surface area contributed by atoms with Crippen LogP contribution in [0, 0.1) is 0 Å². The van der Waals surface area contributed by atoms with Gasteiger partial charge in [0.25, 0.3) is 0 Å². The SMILES string of the molecule is O=C1CCCN1c1ccc(S(=O)(=O)N2CCOC2)cc1. The lowest BCUT2D eigenvalue weighted by atomic mass is 10.3. The Bertz CT molecular complexity index is 606. The number of hydrogen-bond donors (Lipinski definition) is 0. The highest BCUT2D eigenvalue weighted by molar-refractivity contribution is 7.89. The zero-order valence-electron chi connectivity index (χ0n) is 11.0. The van der Waals surface area contributed by atoms with Crippen molar-refractivity contribution >= 4 is 21.6 Å². The van der Waals surface area contributed by atoms with Crippen molar-refractivity contribution in [2.75, 3.05) is 31.3 Å². The molecule has 0 atom stereocenters. The van der Waals surface area contributed by atoms with Crippen LogP contribution in [0.5, 0.6) is 0 Å². The number of benzene rings is 1. The molecule has 7 heteroatoms. The second-order valence-electron chi connectivity index (χ2n) is 4.86. The molecule has 0 aliphatic carbocycles. The van der Waals surface area contributed by atoms with Crippen LogP contribution in [-0.4, -0.2) is 45.1 Å². The molecule has 1 aromatic carbocycles. The van der Waals surface area contributed by atoms with Crippen molar-refractivity contribution in [3.63, 3.8) is 0 Å². The van der Waals surface area contributed by atoms with Gasteiger partial charge in [-0.1, -0.05) is 0 Å². The van der Waals surface area contributed by atoms with Gasteiger partial charge in [-0.3, -0.25) is 4.79 Å². The molecule has 0 radical (unpaired) electrons. The van der Waals surface area contributed by atoms with Gasteiger partial charge in [0.15, 0.2) is 0 Å². The molecular formula is C13H16N2O4S. The zero-order chi connectivity index (χ0) is 14.2. The molecule has 108 valence electrons. The van der Waals surface area contributed by atoms with Crippen molar-refractivity contribution in [2.24, 2.45) is 0 Å². The summed E-state index contributed by atoms with van der Waals surface area (Å²) >= 11 is 0. The Morgan fingerprint density at radius 3 is 2.40 bits per heavy atom. The monoisotopic (exact) mass is 296 g/mol. The predicted molar refractivity (Wildman–Crippen MR) is 72.7 cm³/mol. The minimum atomic E-state index is -3.49. The normalized spacial score (nSPS) is 20.8. The van der Waals surface area contributed by atoms with Gasteiger partial charge < -0.3 is 9.64 Å². The molecule has 20 heavy (non-hydrogen) atoms. The standard InChI is InChI=1S/C13H16N2O4S/c16-13-2-1-7-15(13)11-3-5-12(6-4-11)20(17,18)14-8-9-19-10-14/h3-6H,1-2,7-10H2. The minimum absolute atomic E-state index is 0.0913. The van der Waals surface area contributed by atoms with E-state index in [1.807, 2.05) is 0 Å². The first-order valence-electron chi connectivity index (χ1n) is 6.57. The van der Waals surface area contributed by atoms with E-state index in [0.717, 1.165) is 12.1 Å². The number of ether oxygens (including phenoxy) is 1. The van der Waals surface area contributed by atoms with Crippen LogP contribution in [0.1, 0.15) is 12.8 Å². The first kappa shape index (κ1) is 13.5. The first-order chi connectivity index (χ1) is 9.59. The van der Waals surface area contributed by atoms with Crippen LogP contribution in [0.25, 0.3) is 0 Å². The quantitative estimate of drug-likeness (QED) is 0.827. The fourth-order valence-corrected chi connectivity index (χ4v) is 3.76. The Kier molecular flexibility index (Phi) is 3.49. The molecule has 0 spiro atoms. The van der Waals surface area contributed by atoms with Gasteiger partial charge in [-0.15, -0.1) is 0 Å². The summed E-state index contributed by atoms with van der Waals surface area (Å²) in [4.78, 5) is 13.6. The van der Waals surface area contributed by atoms with E-state index in [9.17, 15) is 13.2 Å². The van der Waals surface area contributed by atoms with E-state index in [4.69, 9.17) is 4.74 Å². The van der Waals surface area contributed by atoms with Gasteiger partial charge in [-0.2, -0.15) is 4.31 Å². The summed E-state index contributed by atoms with van der Waals surface area (Å²) in [5.74, 6) is 0.0913. The van der Waals surface area contributed by atoms with E-state index in [-0.39, 0.29) is 17.5 Å². The number of carbonyl (C=O) groups excluding carboxylic acids is 1. The lowest BCUT2D eigenvalue weighted by Crippen LogP contribution is -2.28. The second kappa shape index (κ2) is 5.16. The first-order valence-corrected chi connectivity index (χ1v) is 8.01. The van der Waals surface area contributed by atoms with Crippen molar-refractivity contribution in [1.82, 2.24) is 4.31 Å². The second-order valence-corrected chi connectivity index (χ2v) is 6.80. The minimum Gasteiger partial charge on any atom is -0.364 e. The Morgan fingerprint density at radius 1 is 1.10 bits per heavy atom. The summed E-state index contributed by atoms with van der Waals surface area (Å²) in [7, 11) is -3.49. The summed E-state index contributed by atoms with van der Waals surface area (Å²) in [5, 5.41) is 0. The number of sulfonamides is 1. The summed E-state index contributed by atoms with van der Waals surface area (Å²) < 4.78 is 31.0. The number of rotatable bonds is 3. The van der Waals surface area contributed by atoms with Crippen LogP contribution >= 0.6 is 0 Å². The summed E-state index contributed by atoms with van der Waals surface area (Å²) in [6.07, 6.45) is 1.41. The summed E-state index contributed by atoms with van der Waals surface area (Å²) in [5.41, 5.74) is 0.754. The number of hydrogen-bond acceptors (Lipinski definition) is 4. The predicted octanol–water partition coefficient (Wildman–Crippen LogP) is 0.792. The Labute approximate surface area is 118 Å². The number of amides is 1. The van der Waals surface area contributed by atoms with Crippen LogP contribution in [0.2, 0.25) is 0 Å². The van der Waals surface area contributed by atoms with Crippen molar-refractivity contribution in [3.05, 3.63) is 24.3 Å². The molecular weight excluding hydrogens is 280 g/mol. The maximum Gasteiger partial charge on any atom is 0.245 e. The molecule has 0 bridgehead atoms. The van der Waals surface area contributed by atoms with Gasteiger partial charge in [0.2, 0.25) is 15.9 Å². The molecule has 2 fully saturated rings. The van der Waals surface area contributed by atoms with Crippen molar-refractivity contribution in [2.45, 2.75) is 17.7 Å². The van der Waals surface area contributed by atoms with Gasteiger partial charge in [0.05, 0.1) is 11.5 Å². The van der Waals surface area contributed by atoms with E-state index in [1.165, 1.54) is 4.31 Å². The van der Waals surface area contributed by atoms with E-state index >= 15 is 0 Å². The molecule has 6 nitrogen and oxygen atoms in total. The van der Waals surface area contributed by atoms with Crippen molar-refractivity contribution in [1.29, 1.82) is 0 Å². The lowest BCUT2D eigenvalue weighted by molar-refractivity contribution is -0.117. The highest BCUT2D eigenvalue weighted by atomic mass is 32.2. The Morgan fingerprint density at radius 2 is 1.85 bits per heavy atom. The van der Waals surface area contributed by atoms with Crippen molar-refractivity contribution < 1.29 is 17.9 Å². The highest BCUT2D eigenvalue weighted by Gasteiger charge is 2.28. The van der Waals surface area contributed by atoms with Gasteiger partial charge in [0.1, 0.15) is 6.73 Å². The topological polar surface area (TPSA) is 66.9 Å². The van der Waals surface area contributed by atoms with E-state index in [1.54, 1.807) is 29.2 Å². The highest BCUT2D eigenvalue weighted by Crippen LogP contribution is 2.24.